The van der Waals surface area contributed by atoms with Crippen LogP contribution >= 0.6 is 0 Å². The van der Waals surface area contributed by atoms with Gasteiger partial charge in [-0.1, -0.05) is 31.0 Å². The molecule has 0 spiro atoms. The second-order valence-corrected chi connectivity index (χ2v) is 7.18. The van der Waals surface area contributed by atoms with E-state index in [9.17, 15) is 9.59 Å². The fourth-order valence-electron chi connectivity index (χ4n) is 4.31. The molecule has 3 aliphatic rings. The van der Waals surface area contributed by atoms with Gasteiger partial charge in [0.25, 0.3) is 0 Å². The lowest BCUT2D eigenvalue weighted by atomic mass is 9.87. The molecule has 0 bridgehead atoms. The Hall–Kier alpha value is -2.24. The van der Waals surface area contributed by atoms with Gasteiger partial charge in [-0.05, 0) is 31.7 Å². The summed E-state index contributed by atoms with van der Waals surface area (Å²) in [5.74, 6) is 0.792. The van der Waals surface area contributed by atoms with Crippen molar-refractivity contribution in [3.63, 3.8) is 0 Å². The molecule has 2 aliphatic heterocycles. The molecule has 25 heavy (non-hydrogen) atoms. The third kappa shape index (κ3) is 3.30. The fourth-order valence-corrected chi connectivity index (χ4v) is 4.31. The minimum Gasteiger partial charge on any atom is -0.493 e. The Morgan fingerprint density at radius 2 is 2.00 bits per heavy atom. The molecule has 1 saturated carbocycles. The number of nitrogens with zero attached hydrogens (tertiary/aromatic N) is 1. The summed E-state index contributed by atoms with van der Waals surface area (Å²) in [4.78, 5) is 26.8. The Kier molecular flexibility index (Phi) is 4.51. The van der Waals surface area contributed by atoms with E-state index in [1.807, 2.05) is 24.3 Å². The zero-order chi connectivity index (χ0) is 17.2. The van der Waals surface area contributed by atoms with Gasteiger partial charge < -0.3 is 20.3 Å². The minimum atomic E-state index is -0.131. The molecule has 4 rings (SSSR count). The summed E-state index contributed by atoms with van der Waals surface area (Å²) >= 11 is 0. The first kappa shape index (κ1) is 16.2. The number of ether oxygens (including phenoxy) is 1. The second kappa shape index (κ2) is 6.94. The number of para-hydroxylation sites is 1. The van der Waals surface area contributed by atoms with Crippen LogP contribution in [-0.2, 0) is 4.79 Å². The van der Waals surface area contributed by atoms with Gasteiger partial charge in [-0.25, -0.2) is 4.79 Å². The molecule has 3 atom stereocenters. The second-order valence-electron chi connectivity index (χ2n) is 7.18. The van der Waals surface area contributed by atoms with Gasteiger partial charge in [0.2, 0.25) is 5.91 Å². The Labute approximate surface area is 147 Å². The summed E-state index contributed by atoms with van der Waals surface area (Å²) < 4.78 is 5.78. The van der Waals surface area contributed by atoms with Crippen molar-refractivity contribution in [3.05, 3.63) is 29.8 Å². The molecular weight excluding hydrogens is 318 g/mol. The van der Waals surface area contributed by atoms with Crippen molar-refractivity contribution >= 4 is 11.9 Å². The SMILES string of the molecule is O=C1CN(C(=O)NC2CCCOc3ccccc32)C2CCCCC2N1. The smallest absolute Gasteiger partial charge is 0.318 e. The van der Waals surface area contributed by atoms with Gasteiger partial charge >= 0.3 is 6.03 Å². The van der Waals surface area contributed by atoms with Crippen LogP contribution in [0.25, 0.3) is 0 Å². The van der Waals surface area contributed by atoms with Crippen LogP contribution in [-0.4, -0.2) is 42.1 Å². The number of nitrogens with one attached hydrogen (secondary N) is 2. The number of piperazine rings is 1. The fraction of sp³-hybridized carbons (Fsp3) is 0.579. The van der Waals surface area contributed by atoms with Gasteiger partial charge in [0.05, 0.1) is 18.7 Å². The number of rotatable bonds is 1. The van der Waals surface area contributed by atoms with Gasteiger partial charge in [-0.2, -0.15) is 0 Å². The molecule has 2 heterocycles. The van der Waals surface area contributed by atoms with Crippen LogP contribution in [0, 0.1) is 0 Å². The predicted molar refractivity (Wildman–Crippen MR) is 93.3 cm³/mol. The molecule has 0 aromatic heterocycles. The van der Waals surface area contributed by atoms with Crippen LogP contribution in [0.1, 0.15) is 50.1 Å². The highest BCUT2D eigenvalue weighted by Gasteiger charge is 2.39. The third-order valence-corrected chi connectivity index (χ3v) is 5.54. The van der Waals surface area contributed by atoms with Crippen LogP contribution in [0.3, 0.4) is 0 Å². The molecule has 2 N–H and O–H groups in total. The maximum absolute atomic E-state index is 13.0. The molecule has 1 saturated heterocycles. The molecule has 1 aromatic carbocycles. The number of carbonyl (C=O) groups excluding carboxylic acids is 2. The van der Waals surface area contributed by atoms with Crippen molar-refractivity contribution in [2.24, 2.45) is 0 Å². The van der Waals surface area contributed by atoms with Gasteiger partial charge in [0.15, 0.2) is 0 Å². The van der Waals surface area contributed by atoms with Crippen molar-refractivity contribution in [3.8, 4) is 5.75 Å². The van der Waals surface area contributed by atoms with Crippen LogP contribution in [0.5, 0.6) is 5.75 Å². The van der Waals surface area contributed by atoms with Crippen molar-refractivity contribution in [1.82, 2.24) is 15.5 Å². The number of urea groups is 1. The summed E-state index contributed by atoms with van der Waals surface area (Å²) in [6.45, 7) is 0.818. The molecule has 0 radical (unpaired) electrons. The first-order valence-corrected chi connectivity index (χ1v) is 9.30. The molecule has 6 heteroatoms. The molecule has 2 fully saturated rings. The predicted octanol–water partition coefficient (Wildman–Crippen LogP) is 2.35. The van der Waals surface area contributed by atoms with E-state index in [4.69, 9.17) is 4.74 Å². The van der Waals surface area contributed by atoms with E-state index in [0.29, 0.717) is 6.61 Å². The van der Waals surface area contributed by atoms with Crippen LogP contribution < -0.4 is 15.4 Å². The van der Waals surface area contributed by atoms with E-state index in [1.165, 1.54) is 0 Å². The van der Waals surface area contributed by atoms with E-state index in [2.05, 4.69) is 10.6 Å². The lowest BCUT2D eigenvalue weighted by Gasteiger charge is -2.44. The zero-order valence-electron chi connectivity index (χ0n) is 14.4. The van der Waals surface area contributed by atoms with E-state index < -0.39 is 0 Å². The highest BCUT2D eigenvalue weighted by atomic mass is 16.5. The molecular formula is C19H25N3O3. The third-order valence-electron chi connectivity index (χ3n) is 5.54. The number of fused-ring (bicyclic) bond motifs is 2. The number of benzene rings is 1. The van der Waals surface area contributed by atoms with Crippen molar-refractivity contribution in [2.75, 3.05) is 13.2 Å². The first-order chi connectivity index (χ1) is 12.2. The zero-order valence-corrected chi connectivity index (χ0v) is 14.4. The Bertz CT molecular complexity index is 663. The largest absolute Gasteiger partial charge is 0.493 e. The summed E-state index contributed by atoms with van der Waals surface area (Å²) in [6.07, 6.45) is 5.89. The summed E-state index contributed by atoms with van der Waals surface area (Å²) in [5, 5.41) is 6.22. The van der Waals surface area contributed by atoms with Crippen molar-refractivity contribution in [1.29, 1.82) is 0 Å². The van der Waals surface area contributed by atoms with Gasteiger partial charge in [-0.3, -0.25) is 4.79 Å². The summed E-state index contributed by atoms with van der Waals surface area (Å²) in [6, 6.07) is 7.90. The van der Waals surface area contributed by atoms with Gasteiger partial charge in [-0.15, -0.1) is 0 Å². The lowest BCUT2D eigenvalue weighted by Crippen LogP contribution is -2.64. The minimum absolute atomic E-state index is 0.0529. The number of amides is 3. The molecule has 3 unspecified atom stereocenters. The van der Waals surface area contributed by atoms with Crippen molar-refractivity contribution < 1.29 is 14.3 Å². The summed E-state index contributed by atoms with van der Waals surface area (Å²) in [5.41, 5.74) is 1.02. The van der Waals surface area contributed by atoms with Crippen molar-refractivity contribution in [2.45, 2.75) is 56.7 Å². The van der Waals surface area contributed by atoms with E-state index in [1.54, 1.807) is 4.90 Å². The number of carbonyl (C=O) groups is 2. The molecule has 1 aromatic rings. The number of hydrogen-bond donors (Lipinski definition) is 2. The van der Waals surface area contributed by atoms with Crippen LogP contribution in [0.2, 0.25) is 0 Å². The van der Waals surface area contributed by atoms with E-state index in [-0.39, 0.29) is 36.6 Å². The van der Waals surface area contributed by atoms with Gasteiger partial charge in [0.1, 0.15) is 12.3 Å². The molecule has 134 valence electrons. The van der Waals surface area contributed by atoms with E-state index >= 15 is 0 Å². The number of hydrogen-bond acceptors (Lipinski definition) is 3. The molecule has 1 aliphatic carbocycles. The monoisotopic (exact) mass is 343 g/mol. The molecule has 3 amide bonds. The Morgan fingerprint density at radius 1 is 1.16 bits per heavy atom. The Balaban J connectivity index is 1.52. The molecule has 6 nitrogen and oxygen atoms in total. The highest BCUT2D eigenvalue weighted by molar-refractivity contribution is 5.86. The van der Waals surface area contributed by atoms with Crippen LogP contribution in [0.4, 0.5) is 4.79 Å². The quantitative estimate of drug-likeness (QED) is 0.822. The van der Waals surface area contributed by atoms with E-state index in [0.717, 1.165) is 49.8 Å². The lowest BCUT2D eigenvalue weighted by molar-refractivity contribution is -0.126. The Morgan fingerprint density at radius 3 is 2.92 bits per heavy atom. The standard InChI is InChI=1S/C19H25N3O3/c23-18-12-22(16-9-3-2-7-15(16)20-18)19(24)21-14-8-5-11-25-17-10-4-1-6-13(14)17/h1,4,6,10,14-16H,2-3,5,7-9,11-12H2,(H,20,23)(H,21,24). The average molecular weight is 343 g/mol. The maximum atomic E-state index is 13.0. The topological polar surface area (TPSA) is 70.7 Å². The average Bonchev–Trinajstić information content (AvgIpc) is 2.83. The van der Waals surface area contributed by atoms with Gasteiger partial charge in [0, 0.05) is 11.6 Å². The maximum Gasteiger partial charge on any atom is 0.318 e. The highest BCUT2D eigenvalue weighted by Crippen LogP contribution is 2.32. The summed E-state index contributed by atoms with van der Waals surface area (Å²) in [7, 11) is 0. The normalized spacial score (nSPS) is 28.7. The first-order valence-electron chi connectivity index (χ1n) is 9.30. The van der Waals surface area contributed by atoms with Crippen LogP contribution in [0.15, 0.2) is 24.3 Å².